The van der Waals surface area contributed by atoms with Crippen molar-refractivity contribution in [2.24, 2.45) is 0 Å². The summed E-state index contributed by atoms with van der Waals surface area (Å²) < 4.78 is 0. The van der Waals surface area contributed by atoms with Crippen LogP contribution in [0.2, 0.25) is 0 Å². The van der Waals surface area contributed by atoms with Gasteiger partial charge in [0, 0.05) is 6.54 Å². The first kappa shape index (κ1) is 13.0. The van der Waals surface area contributed by atoms with E-state index in [1.807, 2.05) is 12.1 Å². The van der Waals surface area contributed by atoms with Gasteiger partial charge in [0.05, 0.1) is 0 Å². The average molecular weight is 239 g/mol. The fourth-order valence-electron chi connectivity index (χ4n) is 1.46. The van der Waals surface area contributed by atoms with Crippen LogP contribution < -0.4 is 5.32 Å². The molecule has 92 valence electrons. The summed E-state index contributed by atoms with van der Waals surface area (Å²) in [4.78, 5) is 18.2. The van der Waals surface area contributed by atoms with Gasteiger partial charge >= 0.3 is 11.9 Å². The number of benzene rings is 1. The quantitative estimate of drug-likeness (QED) is 0.481. The van der Waals surface area contributed by atoms with E-state index in [1.165, 1.54) is 11.1 Å². The molecule has 0 amide bonds. The second kappa shape index (κ2) is 5.86. The molecule has 1 aromatic rings. The van der Waals surface area contributed by atoms with Crippen LogP contribution in [-0.4, -0.2) is 33.8 Å². The third-order valence-electron chi connectivity index (χ3n) is 2.26. The Morgan fingerprint density at radius 2 is 1.76 bits per heavy atom. The van der Waals surface area contributed by atoms with Gasteiger partial charge in [-0.25, -0.2) is 9.59 Å². The minimum absolute atomic E-state index is 0.380. The van der Waals surface area contributed by atoms with Crippen LogP contribution in [0.15, 0.2) is 18.2 Å². The molecule has 1 heterocycles. The predicted octanol–water partition coefficient (Wildman–Crippen LogP) is 0.194. The van der Waals surface area contributed by atoms with Crippen molar-refractivity contribution >= 4 is 11.9 Å². The Kier molecular flexibility index (Phi) is 4.47. The van der Waals surface area contributed by atoms with Gasteiger partial charge < -0.3 is 20.6 Å². The van der Waals surface area contributed by atoms with Crippen LogP contribution in [0, 0.1) is 0 Å². The van der Waals surface area contributed by atoms with Crippen molar-refractivity contribution in [3.05, 3.63) is 29.3 Å². The molecule has 0 fully saturated rings. The maximum atomic E-state index is 9.17. The van der Waals surface area contributed by atoms with E-state index < -0.39 is 11.9 Å². The lowest BCUT2D eigenvalue weighted by Crippen LogP contribution is -2.23. The lowest BCUT2D eigenvalue weighted by molar-refractivity contribution is -0.159. The molecule has 4 N–H and O–H groups in total. The minimum Gasteiger partial charge on any atom is -0.508 e. The predicted molar refractivity (Wildman–Crippen MR) is 58.8 cm³/mol. The minimum atomic E-state index is -1.82. The van der Waals surface area contributed by atoms with E-state index in [2.05, 4.69) is 5.32 Å². The van der Waals surface area contributed by atoms with Crippen LogP contribution >= 0.6 is 0 Å². The van der Waals surface area contributed by atoms with Gasteiger partial charge in [-0.3, -0.25) is 0 Å². The summed E-state index contributed by atoms with van der Waals surface area (Å²) in [5, 5.41) is 27.2. The Hall–Kier alpha value is -2.08. The zero-order valence-corrected chi connectivity index (χ0v) is 9.01. The normalized spacial score (nSPS) is 12.9. The number of carboxylic acid groups (broad SMARTS) is 2. The van der Waals surface area contributed by atoms with Crippen molar-refractivity contribution in [2.45, 2.75) is 13.0 Å². The molecule has 0 saturated carbocycles. The highest BCUT2D eigenvalue weighted by molar-refractivity contribution is 6.27. The highest BCUT2D eigenvalue weighted by Gasteiger charge is 2.07. The zero-order chi connectivity index (χ0) is 12.8. The number of carboxylic acids is 2. The number of fused-ring (bicyclic) bond motifs is 1. The van der Waals surface area contributed by atoms with E-state index in [0.717, 1.165) is 19.5 Å². The molecule has 0 unspecified atom stereocenters. The molecular formula is C11H13NO5. The summed E-state index contributed by atoms with van der Waals surface area (Å²) in [5.41, 5.74) is 2.60. The van der Waals surface area contributed by atoms with Crippen molar-refractivity contribution in [1.82, 2.24) is 5.32 Å². The maximum absolute atomic E-state index is 9.17. The van der Waals surface area contributed by atoms with Gasteiger partial charge in [-0.05, 0) is 36.2 Å². The molecular weight excluding hydrogens is 226 g/mol. The Morgan fingerprint density at radius 3 is 2.35 bits per heavy atom. The van der Waals surface area contributed by atoms with Crippen molar-refractivity contribution in [3.8, 4) is 5.75 Å². The van der Waals surface area contributed by atoms with Crippen molar-refractivity contribution in [3.63, 3.8) is 0 Å². The number of hydrogen-bond acceptors (Lipinski definition) is 4. The Bertz CT molecular complexity index is 418. The molecule has 0 spiro atoms. The number of phenolic OH excluding ortho intramolecular Hbond substituents is 1. The molecule has 6 heteroatoms. The first-order valence-electron chi connectivity index (χ1n) is 4.98. The molecule has 0 aliphatic carbocycles. The summed E-state index contributed by atoms with van der Waals surface area (Å²) in [5.74, 6) is -3.27. The summed E-state index contributed by atoms with van der Waals surface area (Å²) in [6, 6.07) is 5.58. The largest absolute Gasteiger partial charge is 0.508 e. The molecule has 6 nitrogen and oxygen atoms in total. The first-order valence-corrected chi connectivity index (χ1v) is 4.98. The van der Waals surface area contributed by atoms with Crippen LogP contribution in [0.5, 0.6) is 5.75 Å². The van der Waals surface area contributed by atoms with Gasteiger partial charge in [0.25, 0.3) is 0 Å². The third kappa shape index (κ3) is 4.12. The number of aromatic hydroxyl groups is 1. The first-order chi connectivity index (χ1) is 8.00. The van der Waals surface area contributed by atoms with Crippen LogP contribution in [-0.2, 0) is 22.6 Å². The summed E-state index contributed by atoms with van der Waals surface area (Å²) in [6.45, 7) is 1.96. The monoisotopic (exact) mass is 239 g/mol. The molecule has 1 aliphatic heterocycles. The standard InChI is InChI=1S/C9H11NO.C2H2O4/c11-9-2-1-8-6-10-4-3-7(8)5-9;3-1(4)2(5)6/h1-2,5,10-11H,3-4,6H2;(H,3,4)(H,5,6). The van der Waals surface area contributed by atoms with E-state index in [1.54, 1.807) is 6.07 Å². The third-order valence-corrected chi connectivity index (χ3v) is 2.26. The van der Waals surface area contributed by atoms with E-state index in [4.69, 9.17) is 24.9 Å². The summed E-state index contributed by atoms with van der Waals surface area (Å²) >= 11 is 0. The fraction of sp³-hybridized carbons (Fsp3) is 0.273. The Morgan fingerprint density at radius 1 is 1.12 bits per heavy atom. The van der Waals surface area contributed by atoms with Gasteiger partial charge in [-0.15, -0.1) is 0 Å². The molecule has 0 atom stereocenters. The van der Waals surface area contributed by atoms with Crippen LogP contribution in [0.1, 0.15) is 11.1 Å². The molecule has 17 heavy (non-hydrogen) atoms. The molecule has 0 radical (unpaired) electrons. The maximum Gasteiger partial charge on any atom is 0.414 e. The van der Waals surface area contributed by atoms with E-state index >= 15 is 0 Å². The van der Waals surface area contributed by atoms with E-state index in [0.29, 0.717) is 5.75 Å². The van der Waals surface area contributed by atoms with Gasteiger partial charge in [0.2, 0.25) is 0 Å². The molecule has 0 saturated heterocycles. The van der Waals surface area contributed by atoms with Gasteiger partial charge in [-0.1, -0.05) is 6.07 Å². The molecule has 0 bridgehead atoms. The van der Waals surface area contributed by atoms with Gasteiger partial charge in [-0.2, -0.15) is 0 Å². The smallest absolute Gasteiger partial charge is 0.414 e. The number of hydrogen-bond donors (Lipinski definition) is 4. The van der Waals surface area contributed by atoms with Crippen molar-refractivity contribution in [2.75, 3.05) is 6.54 Å². The topological polar surface area (TPSA) is 107 Å². The SMILES string of the molecule is O=C(O)C(=O)O.Oc1ccc2c(c1)CCNC2. The number of carbonyl (C=O) groups is 2. The Labute approximate surface area is 97.5 Å². The summed E-state index contributed by atoms with van der Waals surface area (Å²) in [6.07, 6.45) is 1.03. The fourth-order valence-corrected chi connectivity index (χ4v) is 1.46. The molecule has 0 aromatic heterocycles. The van der Waals surface area contributed by atoms with Gasteiger partial charge in [0.1, 0.15) is 5.75 Å². The van der Waals surface area contributed by atoms with E-state index in [-0.39, 0.29) is 0 Å². The Balaban J connectivity index is 0.000000209. The number of nitrogens with one attached hydrogen (secondary N) is 1. The molecule has 1 aliphatic rings. The molecule has 1 aromatic carbocycles. The highest BCUT2D eigenvalue weighted by atomic mass is 16.4. The second-order valence-corrected chi connectivity index (χ2v) is 3.49. The highest BCUT2D eigenvalue weighted by Crippen LogP contribution is 2.18. The van der Waals surface area contributed by atoms with Crippen LogP contribution in [0.3, 0.4) is 0 Å². The van der Waals surface area contributed by atoms with Crippen LogP contribution in [0.4, 0.5) is 0 Å². The number of aliphatic carboxylic acids is 2. The number of rotatable bonds is 0. The molecule has 2 rings (SSSR count). The lowest BCUT2D eigenvalue weighted by atomic mass is 10.0. The van der Waals surface area contributed by atoms with E-state index in [9.17, 15) is 0 Å². The summed E-state index contributed by atoms with van der Waals surface area (Å²) in [7, 11) is 0. The van der Waals surface area contributed by atoms with Gasteiger partial charge in [0.15, 0.2) is 0 Å². The van der Waals surface area contributed by atoms with Crippen molar-refractivity contribution in [1.29, 1.82) is 0 Å². The number of phenols is 1. The zero-order valence-electron chi connectivity index (χ0n) is 9.01. The lowest BCUT2D eigenvalue weighted by Gasteiger charge is -2.16. The average Bonchev–Trinajstić information content (AvgIpc) is 2.29. The van der Waals surface area contributed by atoms with Crippen molar-refractivity contribution < 1.29 is 24.9 Å². The van der Waals surface area contributed by atoms with Crippen LogP contribution in [0.25, 0.3) is 0 Å². The second-order valence-electron chi connectivity index (χ2n) is 3.49.